The predicted molar refractivity (Wildman–Crippen MR) is 52.8 cm³/mol. The fourth-order valence-corrected chi connectivity index (χ4v) is 2.71. The highest BCUT2D eigenvalue weighted by atomic mass is 16.7. The zero-order valence-electron chi connectivity index (χ0n) is 9.03. The average Bonchev–Trinajstić information content (AvgIpc) is 2.70. The quantitative estimate of drug-likeness (QED) is 0.735. The Hall–Kier alpha value is -0.120. The molecule has 3 nitrogen and oxygen atoms in total. The second-order valence-electron chi connectivity index (χ2n) is 4.90. The molecule has 0 bridgehead atoms. The van der Waals surface area contributed by atoms with Gasteiger partial charge in [-0.15, -0.1) is 0 Å². The van der Waals surface area contributed by atoms with E-state index in [9.17, 15) is 5.11 Å². The van der Waals surface area contributed by atoms with E-state index in [1.165, 1.54) is 12.8 Å². The minimum atomic E-state index is -0.423. The fourth-order valence-electron chi connectivity index (χ4n) is 2.71. The third kappa shape index (κ3) is 1.95. The van der Waals surface area contributed by atoms with Crippen molar-refractivity contribution >= 4 is 0 Å². The standard InChI is InChI=1S/C11H20O3/c1-11(2)13-7-10(14-11)9-5-3-4-8(9)6-12/h8-10,12H,3-7H2,1-2H3/t8-,9+,10?/m0/s1. The summed E-state index contributed by atoms with van der Waals surface area (Å²) in [5, 5.41) is 9.23. The van der Waals surface area contributed by atoms with Gasteiger partial charge >= 0.3 is 0 Å². The summed E-state index contributed by atoms with van der Waals surface area (Å²) >= 11 is 0. The first-order valence-corrected chi connectivity index (χ1v) is 5.55. The van der Waals surface area contributed by atoms with Crippen molar-refractivity contribution in [3.05, 3.63) is 0 Å². The van der Waals surface area contributed by atoms with Crippen LogP contribution in [0.1, 0.15) is 33.1 Å². The van der Waals surface area contributed by atoms with E-state index >= 15 is 0 Å². The summed E-state index contributed by atoms with van der Waals surface area (Å²) in [4.78, 5) is 0. The van der Waals surface area contributed by atoms with Gasteiger partial charge in [0.1, 0.15) is 0 Å². The van der Waals surface area contributed by atoms with Crippen LogP contribution in [0, 0.1) is 11.8 Å². The van der Waals surface area contributed by atoms with Gasteiger partial charge in [0.2, 0.25) is 0 Å². The van der Waals surface area contributed by atoms with Gasteiger partial charge in [0, 0.05) is 6.61 Å². The van der Waals surface area contributed by atoms with Crippen LogP contribution in [0.3, 0.4) is 0 Å². The molecule has 1 aliphatic heterocycles. The molecule has 0 aromatic carbocycles. The number of hydrogen-bond acceptors (Lipinski definition) is 3. The van der Waals surface area contributed by atoms with Gasteiger partial charge < -0.3 is 14.6 Å². The van der Waals surface area contributed by atoms with Crippen LogP contribution >= 0.6 is 0 Å². The molecule has 1 saturated heterocycles. The second kappa shape index (κ2) is 3.80. The molecule has 2 fully saturated rings. The molecule has 14 heavy (non-hydrogen) atoms. The van der Waals surface area contributed by atoms with Crippen LogP contribution in [-0.4, -0.2) is 30.2 Å². The number of ether oxygens (including phenoxy) is 2. The maximum absolute atomic E-state index is 9.23. The van der Waals surface area contributed by atoms with Crippen LogP contribution in [0.25, 0.3) is 0 Å². The van der Waals surface area contributed by atoms with E-state index in [1.807, 2.05) is 13.8 Å². The first-order valence-electron chi connectivity index (χ1n) is 5.55. The topological polar surface area (TPSA) is 38.7 Å². The van der Waals surface area contributed by atoms with Gasteiger partial charge in [0.05, 0.1) is 12.7 Å². The zero-order valence-corrected chi connectivity index (χ0v) is 9.03. The van der Waals surface area contributed by atoms with Crippen molar-refractivity contribution in [3.8, 4) is 0 Å². The highest BCUT2D eigenvalue weighted by Gasteiger charge is 2.41. The Morgan fingerprint density at radius 1 is 1.36 bits per heavy atom. The Morgan fingerprint density at radius 3 is 2.71 bits per heavy atom. The van der Waals surface area contributed by atoms with Crippen molar-refractivity contribution in [2.24, 2.45) is 11.8 Å². The van der Waals surface area contributed by atoms with E-state index in [4.69, 9.17) is 9.47 Å². The predicted octanol–water partition coefficient (Wildman–Crippen LogP) is 1.55. The van der Waals surface area contributed by atoms with Gasteiger partial charge in [-0.2, -0.15) is 0 Å². The Bertz CT molecular complexity index is 203. The van der Waals surface area contributed by atoms with Crippen LogP contribution in [0.15, 0.2) is 0 Å². The number of aliphatic hydroxyl groups excluding tert-OH is 1. The second-order valence-corrected chi connectivity index (χ2v) is 4.90. The van der Waals surface area contributed by atoms with Crippen molar-refractivity contribution in [2.45, 2.75) is 45.0 Å². The third-order valence-corrected chi connectivity index (χ3v) is 3.46. The average molecular weight is 200 g/mol. The Balaban J connectivity index is 1.95. The molecule has 2 aliphatic rings. The molecule has 1 unspecified atom stereocenters. The van der Waals surface area contributed by atoms with Crippen LogP contribution in [0.5, 0.6) is 0 Å². The summed E-state index contributed by atoms with van der Waals surface area (Å²) < 4.78 is 11.4. The van der Waals surface area contributed by atoms with Crippen LogP contribution in [0.2, 0.25) is 0 Å². The highest BCUT2D eigenvalue weighted by molar-refractivity contribution is 4.86. The first kappa shape index (κ1) is 10.4. The van der Waals surface area contributed by atoms with Crippen molar-refractivity contribution in [2.75, 3.05) is 13.2 Å². The SMILES string of the molecule is CC1(C)OCC([C@@H]2CCC[C@H]2CO)O1. The number of hydrogen-bond donors (Lipinski definition) is 1. The highest BCUT2D eigenvalue weighted by Crippen LogP contribution is 2.39. The molecule has 3 atom stereocenters. The maximum Gasteiger partial charge on any atom is 0.163 e. The summed E-state index contributed by atoms with van der Waals surface area (Å²) in [5.74, 6) is 0.507. The number of rotatable bonds is 2. The smallest absolute Gasteiger partial charge is 0.163 e. The van der Waals surface area contributed by atoms with E-state index in [0.29, 0.717) is 25.0 Å². The van der Waals surface area contributed by atoms with Crippen molar-refractivity contribution < 1.29 is 14.6 Å². The van der Waals surface area contributed by atoms with Crippen LogP contribution in [0.4, 0.5) is 0 Å². The molecule has 0 amide bonds. The lowest BCUT2D eigenvalue weighted by Crippen LogP contribution is -2.30. The molecule has 0 radical (unpaired) electrons. The van der Waals surface area contributed by atoms with Gasteiger partial charge in [-0.05, 0) is 38.5 Å². The van der Waals surface area contributed by atoms with Gasteiger partial charge in [0.15, 0.2) is 5.79 Å². The van der Waals surface area contributed by atoms with Crippen molar-refractivity contribution in [1.29, 1.82) is 0 Å². The maximum atomic E-state index is 9.23. The van der Waals surface area contributed by atoms with Crippen LogP contribution < -0.4 is 0 Å². The van der Waals surface area contributed by atoms with E-state index in [1.54, 1.807) is 0 Å². The summed E-state index contributed by atoms with van der Waals surface area (Å²) in [6.45, 7) is 4.89. The molecule has 0 spiro atoms. The zero-order chi connectivity index (χ0) is 10.2. The molecule has 0 aromatic rings. The summed E-state index contributed by atoms with van der Waals surface area (Å²) in [6, 6.07) is 0. The molecule has 0 aromatic heterocycles. The van der Waals surface area contributed by atoms with E-state index in [2.05, 4.69) is 0 Å². The lowest BCUT2D eigenvalue weighted by Gasteiger charge is -2.24. The largest absolute Gasteiger partial charge is 0.396 e. The third-order valence-electron chi connectivity index (χ3n) is 3.46. The molecule has 3 heteroatoms. The van der Waals surface area contributed by atoms with Gasteiger partial charge in [-0.3, -0.25) is 0 Å². The van der Waals surface area contributed by atoms with Crippen molar-refractivity contribution in [1.82, 2.24) is 0 Å². The van der Waals surface area contributed by atoms with Gasteiger partial charge in [0.25, 0.3) is 0 Å². The van der Waals surface area contributed by atoms with E-state index in [-0.39, 0.29) is 6.10 Å². The summed E-state index contributed by atoms with van der Waals surface area (Å²) in [5.41, 5.74) is 0. The number of aliphatic hydroxyl groups is 1. The minimum absolute atomic E-state index is 0.199. The first-order chi connectivity index (χ1) is 6.62. The monoisotopic (exact) mass is 200 g/mol. The Morgan fingerprint density at radius 2 is 2.14 bits per heavy atom. The fraction of sp³-hybridized carbons (Fsp3) is 1.00. The van der Waals surface area contributed by atoms with Crippen LogP contribution in [-0.2, 0) is 9.47 Å². The van der Waals surface area contributed by atoms with Gasteiger partial charge in [-0.25, -0.2) is 0 Å². The van der Waals surface area contributed by atoms with Gasteiger partial charge in [-0.1, -0.05) is 6.42 Å². The molecule has 82 valence electrons. The summed E-state index contributed by atoms with van der Waals surface area (Å²) in [7, 11) is 0. The molecule has 2 rings (SSSR count). The van der Waals surface area contributed by atoms with Crippen molar-refractivity contribution in [3.63, 3.8) is 0 Å². The molecular weight excluding hydrogens is 180 g/mol. The Labute approximate surface area is 85.4 Å². The summed E-state index contributed by atoms with van der Waals surface area (Å²) in [6.07, 6.45) is 3.73. The lowest BCUT2D eigenvalue weighted by molar-refractivity contribution is -0.146. The minimum Gasteiger partial charge on any atom is -0.396 e. The molecule has 1 saturated carbocycles. The molecule has 1 N–H and O–H groups in total. The molecule has 1 heterocycles. The van der Waals surface area contributed by atoms with E-state index < -0.39 is 5.79 Å². The molecule has 1 aliphatic carbocycles. The normalized spacial score (nSPS) is 41.8. The van der Waals surface area contributed by atoms with E-state index in [0.717, 1.165) is 6.42 Å². The molecular formula is C11H20O3. The Kier molecular flexibility index (Phi) is 2.82. The lowest BCUT2D eigenvalue weighted by atomic mass is 9.92.